The second-order valence-corrected chi connectivity index (χ2v) is 7.58. The number of piperazine rings is 2. The number of hydrogen-bond donors (Lipinski definition) is 0. The van der Waals surface area contributed by atoms with Gasteiger partial charge in [0.1, 0.15) is 23.5 Å². The fraction of sp³-hybridized carbons (Fsp3) is 0.450. The monoisotopic (exact) mass is 411 g/mol. The highest BCUT2D eigenvalue weighted by molar-refractivity contribution is 5.98. The number of likely N-dealkylation sites (N-methyl/N-ethyl adjacent to an activating group) is 1. The van der Waals surface area contributed by atoms with Gasteiger partial charge >= 0.3 is 0 Å². The summed E-state index contributed by atoms with van der Waals surface area (Å²) >= 11 is 0. The van der Waals surface area contributed by atoms with Gasteiger partial charge in [-0.3, -0.25) is 14.9 Å². The fourth-order valence-electron chi connectivity index (χ4n) is 3.84. The zero-order valence-corrected chi connectivity index (χ0v) is 17.0. The molecule has 1 amide bonds. The van der Waals surface area contributed by atoms with Crippen LogP contribution < -0.4 is 9.80 Å². The number of amides is 1. The molecule has 2 saturated heterocycles. The topological polar surface area (TPSA) is 99.0 Å². The van der Waals surface area contributed by atoms with Crippen LogP contribution in [0.2, 0.25) is 0 Å². The standard InChI is InChI=1S/C20H25N7O3/c1-23-6-8-24(9-7-23)18-14-19(22-15-21-18)25-10-12-26(13-11-25)20(28)16-4-2-3-5-17(16)27(29)30/h2-5,14-15H,6-13H2,1H3. The zero-order chi connectivity index (χ0) is 21.1. The SMILES string of the molecule is CN1CCN(c2cc(N3CCN(C(=O)c4ccccc4[N+](=O)[O-])CC3)ncn2)CC1. The molecule has 1 aromatic heterocycles. The molecule has 0 unspecified atom stereocenters. The molecule has 10 heteroatoms. The van der Waals surface area contributed by atoms with Crippen LogP contribution in [-0.2, 0) is 0 Å². The Balaban J connectivity index is 1.41. The number of aromatic nitrogens is 2. The maximum absolute atomic E-state index is 12.8. The van der Waals surface area contributed by atoms with Crippen LogP contribution in [-0.4, -0.2) is 90.0 Å². The summed E-state index contributed by atoms with van der Waals surface area (Å²) in [6, 6.07) is 8.10. The molecule has 2 aliphatic rings. The van der Waals surface area contributed by atoms with Crippen LogP contribution in [0.1, 0.15) is 10.4 Å². The van der Waals surface area contributed by atoms with Gasteiger partial charge in [-0.15, -0.1) is 0 Å². The molecule has 1 aromatic carbocycles. The van der Waals surface area contributed by atoms with Crippen molar-refractivity contribution in [2.24, 2.45) is 0 Å². The summed E-state index contributed by atoms with van der Waals surface area (Å²) in [6.45, 7) is 6.09. The van der Waals surface area contributed by atoms with E-state index in [4.69, 9.17) is 0 Å². The number of anilines is 2. The van der Waals surface area contributed by atoms with E-state index >= 15 is 0 Å². The Morgan fingerprint density at radius 2 is 1.50 bits per heavy atom. The number of benzene rings is 1. The van der Waals surface area contributed by atoms with Crippen molar-refractivity contribution in [2.75, 3.05) is 69.2 Å². The lowest BCUT2D eigenvalue weighted by atomic mass is 10.1. The molecule has 10 nitrogen and oxygen atoms in total. The van der Waals surface area contributed by atoms with E-state index in [0.717, 1.165) is 37.8 Å². The van der Waals surface area contributed by atoms with Gasteiger partial charge in [-0.1, -0.05) is 12.1 Å². The molecule has 0 aliphatic carbocycles. The van der Waals surface area contributed by atoms with E-state index in [9.17, 15) is 14.9 Å². The van der Waals surface area contributed by atoms with Gasteiger partial charge in [0.15, 0.2) is 0 Å². The van der Waals surface area contributed by atoms with E-state index < -0.39 is 4.92 Å². The molecular formula is C20H25N7O3. The molecule has 2 aliphatic heterocycles. The van der Waals surface area contributed by atoms with Crippen molar-refractivity contribution in [1.29, 1.82) is 0 Å². The maximum atomic E-state index is 12.8. The van der Waals surface area contributed by atoms with Crippen LogP contribution in [0.25, 0.3) is 0 Å². The van der Waals surface area contributed by atoms with Crippen molar-refractivity contribution in [1.82, 2.24) is 19.8 Å². The number of carbonyl (C=O) groups excluding carboxylic acids is 1. The number of rotatable bonds is 4. The molecule has 0 saturated carbocycles. The normalized spacial score (nSPS) is 17.8. The maximum Gasteiger partial charge on any atom is 0.282 e. The van der Waals surface area contributed by atoms with Crippen molar-refractivity contribution >= 4 is 23.2 Å². The number of para-hydroxylation sites is 1. The Kier molecular flexibility index (Phi) is 5.75. The summed E-state index contributed by atoms with van der Waals surface area (Å²) < 4.78 is 0. The quantitative estimate of drug-likeness (QED) is 0.545. The van der Waals surface area contributed by atoms with E-state index in [1.165, 1.54) is 12.1 Å². The Morgan fingerprint density at radius 3 is 2.10 bits per heavy atom. The highest BCUT2D eigenvalue weighted by Crippen LogP contribution is 2.23. The smallest absolute Gasteiger partial charge is 0.282 e. The average Bonchev–Trinajstić information content (AvgIpc) is 2.79. The average molecular weight is 411 g/mol. The van der Waals surface area contributed by atoms with Crippen molar-refractivity contribution in [3.05, 3.63) is 52.3 Å². The zero-order valence-electron chi connectivity index (χ0n) is 17.0. The van der Waals surface area contributed by atoms with Gasteiger partial charge in [-0.25, -0.2) is 9.97 Å². The Morgan fingerprint density at radius 1 is 0.933 bits per heavy atom. The van der Waals surface area contributed by atoms with Gasteiger partial charge in [0.05, 0.1) is 4.92 Å². The number of nitro benzene ring substituents is 1. The van der Waals surface area contributed by atoms with Gasteiger partial charge in [-0.2, -0.15) is 0 Å². The number of carbonyl (C=O) groups is 1. The lowest BCUT2D eigenvalue weighted by molar-refractivity contribution is -0.385. The molecule has 0 atom stereocenters. The molecule has 3 heterocycles. The molecule has 2 aromatic rings. The van der Waals surface area contributed by atoms with Crippen molar-refractivity contribution in [2.45, 2.75) is 0 Å². The molecule has 0 N–H and O–H groups in total. The lowest BCUT2D eigenvalue weighted by Crippen LogP contribution is -2.49. The van der Waals surface area contributed by atoms with E-state index in [0.29, 0.717) is 26.2 Å². The predicted octanol–water partition coefficient (Wildman–Crippen LogP) is 1.10. The predicted molar refractivity (Wildman–Crippen MR) is 113 cm³/mol. The van der Waals surface area contributed by atoms with Crippen LogP contribution in [0.15, 0.2) is 36.7 Å². The molecule has 0 bridgehead atoms. The molecular weight excluding hydrogens is 386 g/mol. The van der Waals surface area contributed by atoms with E-state index in [1.54, 1.807) is 23.4 Å². The van der Waals surface area contributed by atoms with Crippen molar-refractivity contribution in [3.63, 3.8) is 0 Å². The molecule has 4 rings (SSSR count). The Bertz CT molecular complexity index is 922. The Hall–Kier alpha value is -3.27. The fourth-order valence-corrected chi connectivity index (χ4v) is 3.84. The summed E-state index contributed by atoms with van der Waals surface area (Å²) in [5.41, 5.74) is -0.0205. The summed E-state index contributed by atoms with van der Waals surface area (Å²) in [6.07, 6.45) is 1.59. The van der Waals surface area contributed by atoms with E-state index in [2.05, 4.69) is 31.7 Å². The minimum atomic E-state index is -0.510. The molecule has 2 fully saturated rings. The minimum absolute atomic E-state index is 0.135. The van der Waals surface area contributed by atoms with Gasteiger partial charge < -0.3 is 19.6 Å². The first-order valence-corrected chi connectivity index (χ1v) is 10.1. The summed E-state index contributed by atoms with van der Waals surface area (Å²) in [7, 11) is 2.12. The second kappa shape index (κ2) is 8.62. The molecule has 0 spiro atoms. The van der Waals surface area contributed by atoms with Gasteiger partial charge in [0.2, 0.25) is 0 Å². The van der Waals surface area contributed by atoms with Crippen molar-refractivity contribution < 1.29 is 9.72 Å². The Labute approximate surface area is 174 Å². The van der Waals surface area contributed by atoms with Gasteiger partial charge in [0, 0.05) is 64.5 Å². The van der Waals surface area contributed by atoms with Gasteiger partial charge in [0.25, 0.3) is 11.6 Å². The third-order valence-electron chi connectivity index (χ3n) is 5.69. The van der Waals surface area contributed by atoms with Crippen LogP contribution in [0, 0.1) is 10.1 Å². The van der Waals surface area contributed by atoms with Crippen LogP contribution in [0.5, 0.6) is 0 Å². The number of nitro groups is 1. The minimum Gasteiger partial charge on any atom is -0.354 e. The first-order valence-electron chi connectivity index (χ1n) is 10.1. The highest BCUT2D eigenvalue weighted by atomic mass is 16.6. The third-order valence-corrected chi connectivity index (χ3v) is 5.69. The van der Waals surface area contributed by atoms with E-state index in [1.807, 2.05) is 6.07 Å². The first kappa shape index (κ1) is 20.0. The largest absolute Gasteiger partial charge is 0.354 e. The lowest BCUT2D eigenvalue weighted by Gasteiger charge is -2.36. The number of hydrogen-bond acceptors (Lipinski definition) is 8. The summed E-state index contributed by atoms with van der Waals surface area (Å²) in [5.74, 6) is 1.46. The number of nitrogens with zero attached hydrogens (tertiary/aromatic N) is 7. The van der Waals surface area contributed by atoms with E-state index in [-0.39, 0.29) is 17.2 Å². The molecule has 30 heavy (non-hydrogen) atoms. The van der Waals surface area contributed by atoms with Gasteiger partial charge in [-0.05, 0) is 13.1 Å². The van der Waals surface area contributed by atoms with Crippen molar-refractivity contribution in [3.8, 4) is 0 Å². The highest BCUT2D eigenvalue weighted by Gasteiger charge is 2.28. The molecule has 0 radical (unpaired) electrons. The van der Waals surface area contributed by atoms with Crippen LogP contribution >= 0.6 is 0 Å². The summed E-state index contributed by atoms with van der Waals surface area (Å²) in [5, 5.41) is 11.2. The van der Waals surface area contributed by atoms with Crippen LogP contribution in [0.4, 0.5) is 17.3 Å². The van der Waals surface area contributed by atoms with Crippen LogP contribution in [0.3, 0.4) is 0 Å². The third kappa shape index (κ3) is 4.18. The second-order valence-electron chi connectivity index (χ2n) is 7.58. The summed E-state index contributed by atoms with van der Waals surface area (Å²) in [4.78, 5) is 40.8. The first-order chi connectivity index (χ1) is 14.5. The molecule has 158 valence electrons.